The van der Waals surface area contributed by atoms with E-state index in [1.165, 1.54) is 0 Å². The van der Waals surface area contributed by atoms with Crippen LogP contribution in [-0.2, 0) is 9.53 Å². The summed E-state index contributed by atoms with van der Waals surface area (Å²) >= 11 is 0. The second-order valence-electron chi connectivity index (χ2n) is 4.56. The van der Waals surface area contributed by atoms with Gasteiger partial charge in [0.25, 0.3) is 0 Å². The lowest BCUT2D eigenvalue weighted by Crippen LogP contribution is -2.45. The van der Waals surface area contributed by atoms with Crippen molar-refractivity contribution < 1.29 is 19.1 Å². The second-order valence-corrected chi connectivity index (χ2v) is 4.56. The van der Waals surface area contributed by atoms with Gasteiger partial charge in [0.05, 0.1) is 25.3 Å². The number of methoxy groups -OCH3 is 1. The quantitative estimate of drug-likeness (QED) is 0.830. The van der Waals surface area contributed by atoms with Crippen LogP contribution in [0.2, 0.25) is 0 Å². The molecular weight excluding hydrogens is 272 g/mol. The molecule has 0 saturated carbocycles. The maximum absolute atomic E-state index is 12.1. The van der Waals surface area contributed by atoms with Gasteiger partial charge in [0.15, 0.2) is 0 Å². The number of carbonyl (C=O) groups excluding carboxylic acids is 2. The maximum Gasteiger partial charge on any atom is 0.338 e. The molecule has 1 atom stereocenters. The summed E-state index contributed by atoms with van der Waals surface area (Å²) in [6, 6.07) is 6.29. The normalized spacial score (nSPS) is 17.9. The summed E-state index contributed by atoms with van der Waals surface area (Å²) in [5.41, 5.74) is 1.69. The van der Waals surface area contributed by atoms with Crippen LogP contribution in [-0.4, -0.2) is 25.7 Å². The lowest BCUT2D eigenvalue weighted by Gasteiger charge is -2.28. The standard InChI is InChI=1S/C15H18N2O4/c1-4-21-14(18)12-9(2)16-15(19)17-13(12)10-5-7-11(20-3)8-6-10/h5-8,13H,4H2,1-3H3,(H2,16,17,19)/t13-/m0/s1. The Labute approximate surface area is 123 Å². The van der Waals surface area contributed by atoms with Gasteiger partial charge in [-0.2, -0.15) is 0 Å². The summed E-state index contributed by atoms with van der Waals surface area (Å²) < 4.78 is 10.2. The van der Waals surface area contributed by atoms with E-state index in [4.69, 9.17) is 9.47 Å². The average molecular weight is 290 g/mol. The van der Waals surface area contributed by atoms with Crippen molar-refractivity contribution in [2.24, 2.45) is 0 Å². The number of rotatable bonds is 4. The number of hydrogen-bond donors (Lipinski definition) is 2. The first-order chi connectivity index (χ1) is 10.1. The number of ether oxygens (including phenoxy) is 2. The summed E-state index contributed by atoms with van der Waals surface area (Å²) in [5.74, 6) is 0.265. The summed E-state index contributed by atoms with van der Waals surface area (Å²) in [5, 5.41) is 5.34. The molecule has 0 bridgehead atoms. The zero-order valence-electron chi connectivity index (χ0n) is 12.2. The van der Waals surface area contributed by atoms with E-state index >= 15 is 0 Å². The van der Waals surface area contributed by atoms with Gasteiger partial charge in [-0.25, -0.2) is 9.59 Å². The van der Waals surface area contributed by atoms with E-state index in [0.29, 0.717) is 17.0 Å². The summed E-state index contributed by atoms with van der Waals surface area (Å²) in [6.07, 6.45) is 0. The molecule has 2 rings (SSSR count). The number of nitrogens with one attached hydrogen (secondary N) is 2. The van der Waals surface area contributed by atoms with Crippen LogP contribution >= 0.6 is 0 Å². The third-order valence-corrected chi connectivity index (χ3v) is 3.21. The molecule has 1 aliphatic rings. The Balaban J connectivity index is 2.39. The molecule has 0 saturated heterocycles. The Morgan fingerprint density at radius 3 is 2.52 bits per heavy atom. The van der Waals surface area contributed by atoms with Crippen molar-refractivity contribution in [1.29, 1.82) is 0 Å². The number of allylic oxidation sites excluding steroid dienone is 1. The van der Waals surface area contributed by atoms with Gasteiger partial charge in [-0.1, -0.05) is 12.1 Å². The van der Waals surface area contributed by atoms with Crippen LogP contribution in [0.1, 0.15) is 25.5 Å². The lowest BCUT2D eigenvalue weighted by atomic mass is 9.95. The number of esters is 1. The first-order valence-electron chi connectivity index (χ1n) is 6.66. The van der Waals surface area contributed by atoms with E-state index in [1.54, 1.807) is 33.1 Å². The van der Waals surface area contributed by atoms with Crippen LogP contribution in [0, 0.1) is 0 Å². The van der Waals surface area contributed by atoms with Gasteiger partial charge >= 0.3 is 12.0 Å². The van der Waals surface area contributed by atoms with Gasteiger partial charge in [0.1, 0.15) is 5.75 Å². The molecule has 1 aromatic carbocycles. The molecule has 2 N–H and O–H groups in total. The molecule has 2 amide bonds. The Bertz CT molecular complexity index is 578. The summed E-state index contributed by atoms with van der Waals surface area (Å²) in [4.78, 5) is 23.8. The minimum Gasteiger partial charge on any atom is -0.497 e. The third-order valence-electron chi connectivity index (χ3n) is 3.21. The van der Waals surface area contributed by atoms with E-state index in [0.717, 1.165) is 5.56 Å². The molecule has 0 fully saturated rings. The van der Waals surface area contributed by atoms with Crippen molar-refractivity contribution in [3.63, 3.8) is 0 Å². The number of hydrogen-bond acceptors (Lipinski definition) is 4. The van der Waals surface area contributed by atoms with Crippen LogP contribution in [0.15, 0.2) is 35.5 Å². The predicted octanol–water partition coefficient (Wildman–Crippen LogP) is 1.89. The molecule has 6 nitrogen and oxygen atoms in total. The maximum atomic E-state index is 12.1. The molecule has 0 spiro atoms. The van der Waals surface area contributed by atoms with Gasteiger partial charge < -0.3 is 20.1 Å². The SMILES string of the molecule is CCOC(=O)C1=C(C)NC(=O)N[C@H]1c1ccc(OC)cc1. The highest BCUT2D eigenvalue weighted by Crippen LogP contribution is 2.28. The minimum absolute atomic E-state index is 0.277. The fourth-order valence-electron chi connectivity index (χ4n) is 2.22. The topological polar surface area (TPSA) is 76.7 Å². The number of carbonyl (C=O) groups is 2. The molecule has 0 unspecified atom stereocenters. The smallest absolute Gasteiger partial charge is 0.338 e. The predicted molar refractivity (Wildman–Crippen MR) is 76.7 cm³/mol. The fraction of sp³-hybridized carbons (Fsp3) is 0.333. The third kappa shape index (κ3) is 3.16. The first kappa shape index (κ1) is 14.9. The molecule has 0 radical (unpaired) electrons. The van der Waals surface area contributed by atoms with Crippen molar-refractivity contribution in [3.05, 3.63) is 41.1 Å². The van der Waals surface area contributed by atoms with Gasteiger partial charge in [0, 0.05) is 5.70 Å². The van der Waals surface area contributed by atoms with E-state index in [9.17, 15) is 9.59 Å². The van der Waals surface area contributed by atoms with Gasteiger partial charge in [-0.05, 0) is 31.5 Å². The molecule has 21 heavy (non-hydrogen) atoms. The largest absolute Gasteiger partial charge is 0.497 e. The molecule has 1 aliphatic heterocycles. The first-order valence-corrected chi connectivity index (χ1v) is 6.66. The number of urea groups is 1. The minimum atomic E-state index is -0.538. The highest BCUT2D eigenvalue weighted by Gasteiger charge is 2.31. The Hall–Kier alpha value is -2.50. The van der Waals surface area contributed by atoms with Crippen molar-refractivity contribution in [3.8, 4) is 5.75 Å². The molecule has 0 aliphatic carbocycles. The Morgan fingerprint density at radius 1 is 1.29 bits per heavy atom. The van der Waals surface area contributed by atoms with Gasteiger partial charge in [-0.3, -0.25) is 0 Å². The van der Waals surface area contributed by atoms with Crippen molar-refractivity contribution in [1.82, 2.24) is 10.6 Å². The lowest BCUT2D eigenvalue weighted by molar-refractivity contribution is -0.139. The fourth-order valence-corrected chi connectivity index (χ4v) is 2.22. The molecule has 1 heterocycles. The van der Waals surface area contributed by atoms with E-state index < -0.39 is 12.0 Å². The average Bonchev–Trinajstić information content (AvgIpc) is 2.46. The van der Waals surface area contributed by atoms with Crippen molar-refractivity contribution in [2.75, 3.05) is 13.7 Å². The van der Waals surface area contributed by atoms with Gasteiger partial charge in [-0.15, -0.1) is 0 Å². The Morgan fingerprint density at radius 2 is 1.95 bits per heavy atom. The van der Waals surface area contributed by atoms with Crippen molar-refractivity contribution >= 4 is 12.0 Å². The van der Waals surface area contributed by atoms with Crippen LogP contribution in [0.3, 0.4) is 0 Å². The molecule has 112 valence electrons. The molecule has 6 heteroatoms. The zero-order chi connectivity index (χ0) is 15.4. The zero-order valence-corrected chi connectivity index (χ0v) is 12.2. The molecule has 0 aromatic heterocycles. The number of benzene rings is 1. The van der Waals surface area contributed by atoms with E-state index in [1.807, 2.05) is 12.1 Å². The Kier molecular flexibility index (Phi) is 4.47. The van der Waals surface area contributed by atoms with Crippen molar-refractivity contribution in [2.45, 2.75) is 19.9 Å². The highest BCUT2D eigenvalue weighted by molar-refractivity contribution is 5.95. The van der Waals surface area contributed by atoms with Crippen LogP contribution in [0.5, 0.6) is 5.75 Å². The molecular formula is C15H18N2O4. The van der Waals surface area contributed by atoms with Gasteiger partial charge in [0.2, 0.25) is 0 Å². The number of amides is 2. The highest BCUT2D eigenvalue weighted by atomic mass is 16.5. The summed E-state index contributed by atoms with van der Waals surface area (Å²) in [6.45, 7) is 3.70. The summed E-state index contributed by atoms with van der Waals surface area (Å²) in [7, 11) is 1.58. The van der Waals surface area contributed by atoms with Crippen LogP contribution in [0.4, 0.5) is 4.79 Å². The van der Waals surface area contributed by atoms with E-state index in [-0.39, 0.29) is 12.6 Å². The van der Waals surface area contributed by atoms with Crippen LogP contribution < -0.4 is 15.4 Å². The monoisotopic (exact) mass is 290 g/mol. The molecule has 1 aromatic rings. The van der Waals surface area contributed by atoms with Crippen LogP contribution in [0.25, 0.3) is 0 Å². The van der Waals surface area contributed by atoms with E-state index in [2.05, 4.69) is 10.6 Å². The second kappa shape index (κ2) is 6.30.